The molecule has 4 N–H and O–H groups in total. The summed E-state index contributed by atoms with van der Waals surface area (Å²) in [7, 11) is 0. The molecule has 4 unspecified atom stereocenters. The third-order valence-corrected chi connectivity index (χ3v) is 1.56. The number of rotatable bonds is 6. The van der Waals surface area contributed by atoms with Gasteiger partial charge in [-0.3, -0.25) is 0 Å². The topological polar surface area (TPSA) is 241 Å². The molecule has 0 rings (SSSR count). The van der Waals surface area contributed by atoms with E-state index >= 15 is 0 Å². The quantitative estimate of drug-likeness (QED) is 0.220. The van der Waals surface area contributed by atoms with Gasteiger partial charge in [0.2, 0.25) is 0 Å². The number of carboxylic acid groups (broad SMARTS) is 4. The van der Waals surface area contributed by atoms with Gasteiger partial charge >= 0.3 is 108 Å². The van der Waals surface area contributed by atoms with Crippen LogP contribution in [0.15, 0.2) is 0 Å². The van der Waals surface area contributed by atoms with Crippen LogP contribution in [0.1, 0.15) is 0 Å². The van der Waals surface area contributed by atoms with Crippen molar-refractivity contribution in [1.29, 1.82) is 0 Å². The number of carbonyl (C=O) groups is 4. The molecule has 0 fully saturated rings. The Morgan fingerprint density at radius 3 is 0.696 bits per heavy atom. The molecule has 0 heterocycles. The smallest absolute Gasteiger partial charge is 0.547 e. The normalized spacial score (nSPS) is 13.7. The average molecular weight is 565 g/mol. The van der Waals surface area contributed by atoms with Crippen LogP contribution in [0.25, 0.3) is 0 Å². The Kier molecular flexibility index (Phi) is 27.8. The van der Waals surface area contributed by atoms with Gasteiger partial charge < -0.3 is 60.0 Å². The van der Waals surface area contributed by atoms with Crippen LogP contribution >= 0.6 is 0 Å². The van der Waals surface area contributed by atoms with Crippen molar-refractivity contribution in [2.24, 2.45) is 0 Å². The van der Waals surface area contributed by atoms with Crippen molar-refractivity contribution in [1.82, 2.24) is 0 Å². The first-order chi connectivity index (χ1) is 8.93. The van der Waals surface area contributed by atoms with E-state index in [0.717, 1.165) is 0 Å². The summed E-state index contributed by atoms with van der Waals surface area (Å²) in [6, 6.07) is 0. The van der Waals surface area contributed by atoms with Crippen LogP contribution in [-0.2, 0) is 19.2 Å². The van der Waals surface area contributed by atoms with Gasteiger partial charge in [-0.25, -0.2) is 0 Å². The van der Waals surface area contributed by atoms with Gasteiger partial charge in [-0.2, -0.15) is 0 Å². The predicted octanol–water partition coefficient (Wildman–Crippen LogP) is -16.0. The molecule has 0 aliphatic carbocycles. The molecular weight excluding hydrogens is 557 g/mol. The summed E-state index contributed by atoms with van der Waals surface area (Å²) in [5.74, 6) is -8.23. The van der Waals surface area contributed by atoms with E-state index in [1.807, 2.05) is 0 Å². The number of carboxylic acids is 4. The van der Waals surface area contributed by atoms with Gasteiger partial charge in [0.1, 0.15) is 24.4 Å². The maximum absolute atomic E-state index is 9.63. The molecule has 23 heavy (non-hydrogen) atoms. The summed E-state index contributed by atoms with van der Waals surface area (Å²) in [5.41, 5.74) is 0. The van der Waals surface area contributed by atoms with E-state index in [-0.39, 0.29) is 108 Å². The Hall–Kier alpha value is 1.28. The van der Waals surface area contributed by atoms with Gasteiger partial charge in [0.05, 0.1) is 23.9 Å². The van der Waals surface area contributed by atoms with Gasteiger partial charge in [0.15, 0.2) is 0 Å². The van der Waals surface area contributed by atoms with E-state index < -0.39 is 48.3 Å². The Labute approximate surface area is 213 Å². The molecule has 0 aromatic heterocycles. The number of aliphatic carboxylic acids is 4. The van der Waals surface area contributed by atoms with Gasteiger partial charge in [0, 0.05) is 0 Å². The van der Waals surface area contributed by atoms with Gasteiger partial charge in [-0.15, -0.1) is 0 Å². The molecule has 118 valence electrons. The van der Waals surface area contributed by atoms with E-state index in [4.69, 9.17) is 20.4 Å². The predicted molar refractivity (Wildman–Crippen MR) is 49.8 cm³/mol. The van der Waals surface area contributed by atoms with Crippen LogP contribution in [0.4, 0.5) is 0 Å². The third-order valence-electron chi connectivity index (χ3n) is 1.56. The van der Waals surface area contributed by atoms with Gasteiger partial charge in [-0.1, -0.05) is 0 Å². The molecule has 0 aliphatic heterocycles. The first kappa shape index (κ1) is 35.4. The number of aliphatic hydroxyl groups is 4. The summed E-state index contributed by atoms with van der Waals surface area (Å²) >= 11 is 0. The number of aliphatic hydroxyl groups excluding tert-OH is 4. The second-order valence-corrected chi connectivity index (χ2v) is 3.06. The third kappa shape index (κ3) is 16.5. The van der Waals surface area contributed by atoms with Crippen molar-refractivity contribution in [2.75, 3.05) is 0 Å². The summed E-state index contributed by atoms with van der Waals surface area (Å²) in [6.45, 7) is 0. The van der Waals surface area contributed by atoms with Crippen LogP contribution in [0, 0.1) is 0 Å². The molecule has 0 spiro atoms. The SMILES string of the molecule is O=C([O-])C(O)C(O)C(=O)[O-].O=C([O-])C(O)C(O)C(=O)[O-].[K+].[Na+].[Pb+2]. The van der Waals surface area contributed by atoms with Crippen molar-refractivity contribution >= 4 is 51.2 Å². The summed E-state index contributed by atoms with van der Waals surface area (Å²) in [4.78, 5) is 38.5. The van der Waals surface area contributed by atoms with Crippen molar-refractivity contribution in [2.45, 2.75) is 24.4 Å². The fraction of sp³-hybridized carbons (Fsp3) is 0.500. The Balaban J connectivity index is -0.0000000831. The molecule has 0 aliphatic rings. The minimum Gasteiger partial charge on any atom is -0.547 e. The van der Waals surface area contributed by atoms with Crippen molar-refractivity contribution in [3.8, 4) is 0 Å². The standard InChI is InChI=1S/2C4H6O6.K.Na.Pb/c2*5-1(3(7)8)2(6)4(9)10;;;/h2*1-2,5-6H,(H,7,8)(H,9,10);;;/q;;2*+1;+2/p-4. The first-order valence-electron chi connectivity index (χ1n) is 4.49. The molecule has 2 radical (unpaired) electrons. The number of hydrogen-bond donors (Lipinski definition) is 4. The fourth-order valence-corrected chi connectivity index (χ4v) is 0.516. The fourth-order valence-electron chi connectivity index (χ4n) is 0.516. The molecule has 0 aromatic rings. The van der Waals surface area contributed by atoms with E-state index in [1.165, 1.54) is 0 Å². The minimum atomic E-state index is -2.44. The Morgan fingerprint density at radius 2 is 0.652 bits per heavy atom. The van der Waals surface area contributed by atoms with Crippen LogP contribution < -0.4 is 101 Å². The zero-order chi connectivity index (χ0) is 16.6. The molecule has 0 aromatic carbocycles. The molecule has 0 bridgehead atoms. The Bertz CT molecular complexity index is 321. The molecule has 0 saturated heterocycles. The first-order valence-corrected chi connectivity index (χ1v) is 4.49. The average Bonchev–Trinajstić information content (AvgIpc) is 2.35. The minimum absolute atomic E-state index is 0. The zero-order valence-corrected chi connectivity index (χ0v) is 20.9. The van der Waals surface area contributed by atoms with Crippen molar-refractivity contribution < 1.29 is 141 Å². The van der Waals surface area contributed by atoms with E-state index in [0.29, 0.717) is 0 Å². The van der Waals surface area contributed by atoms with E-state index in [2.05, 4.69) is 0 Å². The summed E-state index contributed by atoms with van der Waals surface area (Å²) < 4.78 is 0. The second-order valence-electron chi connectivity index (χ2n) is 3.06. The second kappa shape index (κ2) is 18.1. The van der Waals surface area contributed by atoms with E-state index in [9.17, 15) is 39.6 Å². The number of hydrogen-bond acceptors (Lipinski definition) is 12. The molecule has 0 saturated carbocycles. The van der Waals surface area contributed by atoms with E-state index in [1.54, 1.807) is 0 Å². The van der Waals surface area contributed by atoms with Crippen LogP contribution in [0.3, 0.4) is 0 Å². The van der Waals surface area contributed by atoms with Crippen LogP contribution in [0.2, 0.25) is 0 Å². The maximum Gasteiger partial charge on any atom is 2.00 e. The molecule has 15 heteroatoms. The molecule has 0 amide bonds. The number of carbonyl (C=O) groups excluding carboxylic acids is 4. The molecule has 12 nitrogen and oxygen atoms in total. The summed E-state index contributed by atoms with van der Waals surface area (Å²) in [5, 5.41) is 71.5. The van der Waals surface area contributed by atoms with Crippen molar-refractivity contribution in [3.05, 3.63) is 0 Å². The monoisotopic (exact) mass is 566 g/mol. The van der Waals surface area contributed by atoms with Gasteiger partial charge in [-0.05, 0) is 0 Å². The van der Waals surface area contributed by atoms with Gasteiger partial charge in [0.25, 0.3) is 0 Å². The largest absolute Gasteiger partial charge is 2.00 e. The van der Waals surface area contributed by atoms with Crippen LogP contribution in [-0.4, -0.2) is 96.0 Å². The molecular formula is C8H8KNaO12Pb. The Morgan fingerprint density at radius 1 is 0.565 bits per heavy atom. The maximum atomic E-state index is 9.63. The molecule has 4 atom stereocenters. The summed E-state index contributed by atoms with van der Waals surface area (Å²) in [6.07, 6.45) is -9.76. The van der Waals surface area contributed by atoms with Crippen molar-refractivity contribution in [3.63, 3.8) is 0 Å². The zero-order valence-electron chi connectivity index (χ0n) is 11.9. The van der Waals surface area contributed by atoms with Crippen LogP contribution in [0.5, 0.6) is 0 Å².